The van der Waals surface area contributed by atoms with Crippen LogP contribution in [0.2, 0.25) is 5.15 Å². The van der Waals surface area contributed by atoms with E-state index in [0.717, 1.165) is 6.42 Å². The van der Waals surface area contributed by atoms with E-state index < -0.39 is 0 Å². The van der Waals surface area contributed by atoms with Gasteiger partial charge in [-0.25, -0.2) is 4.98 Å². The second-order valence-corrected chi connectivity index (χ2v) is 5.42. The van der Waals surface area contributed by atoms with Crippen LogP contribution >= 0.6 is 11.6 Å². The summed E-state index contributed by atoms with van der Waals surface area (Å²) in [5.41, 5.74) is 0.162. The smallest absolute Gasteiger partial charge is 0.271 e. The van der Waals surface area contributed by atoms with Crippen LogP contribution in [0.3, 0.4) is 0 Å². The number of amides is 1. The number of carbonyl (C=O) groups is 1. The van der Waals surface area contributed by atoms with Crippen molar-refractivity contribution in [3.8, 4) is 0 Å². The average Bonchev–Trinajstić information content (AvgIpc) is 2.33. The van der Waals surface area contributed by atoms with Gasteiger partial charge in [0.1, 0.15) is 10.8 Å². The van der Waals surface area contributed by atoms with Crippen LogP contribution in [0.1, 0.15) is 30.8 Å². The minimum absolute atomic E-state index is 0.0730. The van der Waals surface area contributed by atoms with Crippen molar-refractivity contribution in [1.82, 2.24) is 15.3 Å². The van der Waals surface area contributed by atoms with Gasteiger partial charge in [0.25, 0.3) is 5.91 Å². The van der Waals surface area contributed by atoms with E-state index in [2.05, 4.69) is 29.1 Å². The maximum Gasteiger partial charge on any atom is 0.271 e. The monoisotopic (exact) mass is 269 g/mol. The largest absolute Gasteiger partial charge is 0.381 e. The molecule has 1 aromatic rings. The standard InChI is InChI=1S/C12H16ClN3O2/c1-12(2)8(4-9(12)18-3)16-11(17)7-5-14-6-10(13)15-7/h5-6,8-9H,4H2,1-3H3,(H,16,17). The third kappa shape index (κ3) is 2.33. The number of carbonyl (C=O) groups excluding carboxylic acids is 1. The first-order valence-electron chi connectivity index (χ1n) is 5.76. The zero-order valence-corrected chi connectivity index (χ0v) is 11.4. The van der Waals surface area contributed by atoms with Gasteiger partial charge in [-0.15, -0.1) is 0 Å². The molecule has 0 saturated heterocycles. The summed E-state index contributed by atoms with van der Waals surface area (Å²) < 4.78 is 5.34. The van der Waals surface area contributed by atoms with Crippen molar-refractivity contribution in [2.45, 2.75) is 32.4 Å². The molecule has 0 radical (unpaired) electrons. The summed E-state index contributed by atoms with van der Waals surface area (Å²) in [5, 5.41) is 3.15. The second kappa shape index (κ2) is 4.82. The highest BCUT2D eigenvalue weighted by Crippen LogP contribution is 2.42. The molecule has 1 aliphatic rings. The third-order valence-corrected chi connectivity index (χ3v) is 3.79. The number of ether oxygens (including phenoxy) is 1. The Bertz CT molecular complexity index is 464. The van der Waals surface area contributed by atoms with E-state index in [1.54, 1.807) is 7.11 Å². The van der Waals surface area contributed by atoms with E-state index in [4.69, 9.17) is 16.3 Å². The molecule has 1 fully saturated rings. The topological polar surface area (TPSA) is 64.1 Å². The van der Waals surface area contributed by atoms with Crippen molar-refractivity contribution in [2.24, 2.45) is 5.41 Å². The molecular weight excluding hydrogens is 254 g/mol. The minimum Gasteiger partial charge on any atom is -0.381 e. The molecule has 0 aliphatic heterocycles. The van der Waals surface area contributed by atoms with Crippen LogP contribution in [-0.2, 0) is 4.74 Å². The highest BCUT2D eigenvalue weighted by molar-refractivity contribution is 6.29. The third-order valence-electron chi connectivity index (χ3n) is 3.61. The summed E-state index contributed by atoms with van der Waals surface area (Å²) in [6, 6.07) is 0.0794. The number of hydrogen-bond acceptors (Lipinski definition) is 4. The van der Waals surface area contributed by atoms with E-state index in [0.29, 0.717) is 0 Å². The molecule has 2 rings (SSSR count). The molecule has 6 heteroatoms. The molecule has 1 aliphatic carbocycles. The lowest BCUT2D eigenvalue weighted by Gasteiger charge is -2.51. The van der Waals surface area contributed by atoms with Crippen molar-refractivity contribution in [1.29, 1.82) is 0 Å². The van der Waals surface area contributed by atoms with Crippen molar-refractivity contribution in [2.75, 3.05) is 7.11 Å². The summed E-state index contributed by atoms with van der Waals surface area (Å²) >= 11 is 5.70. The van der Waals surface area contributed by atoms with Crippen LogP contribution in [-0.4, -0.2) is 35.1 Å². The zero-order valence-electron chi connectivity index (χ0n) is 10.6. The lowest BCUT2D eigenvalue weighted by Crippen LogP contribution is -2.61. The van der Waals surface area contributed by atoms with Crippen LogP contribution in [0.15, 0.2) is 12.4 Å². The lowest BCUT2D eigenvalue weighted by molar-refractivity contribution is -0.0942. The minimum atomic E-state index is -0.252. The Morgan fingerprint density at radius 1 is 1.56 bits per heavy atom. The fourth-order valence-electron chi connectivity index (χ4n) is 2.21. The summed E-state index contributed by atoms with van der Waals surface area (Å²) in [6.07, 6.45) is 3.78. The van der Waals surface area contributed by atoms with E-state index >= 15 is 0 Å². The summed E-state index contributed by atoms with van der Waals surface area (Å²) in [7, 11) is 1.69. The molecule has 2 atom stereocenters. The van der Waals surface area contributed by atoms with Gasteiger partial charge in [-0.05, 0) is 6.42 Å². The Kier molecular flexibility index (Phi) is 3.54. The SMILES string of the molecule is COC1CC(NC(=O)c2cncc(Cl)n2)C1(C)C. The van der Waals surface area contributed by atoms with Gasteiger partial charge < -0.3 is 10.1 Å². The zero-order chi connectivity index (χ0) is 13.3. The average molecular weight is 270 g/mol. The highest BCUT2D eigenvalue weighted by Gasteiger charge is 2.49. The molecule has 1 saturated carbocycles. The molecule has 0 bridgehead atoms. The number of nitrogens with one attached hydrogen (secondary N) is 1. The first kappa shape index (κ1) is 13.2. The fraction of sp³-hybridized carbons (Fsp3) is 0.583. The Balaban J connectivity index is 2.01. The van der Waals surface area contributed by atoms with E-state index in [9.17, 15) is 4.79 Å². The number of nitrogens with zero attached hydrogens (tertiary/aromatic N) is 2. The molecule has 5 nitrogen and oxygen atoms in total. The molecular formula is C12H16ClN3O2. The normalized spacial score (nSPS) is 25.3. The first-order chi connectivity index (χ1) is 8.45. The van der Waals surface area contributed by atoms with Gasteiger partial charge in [0.15, 0.2) is 0 Å². The quantitative estimate of drug-likeness (QED) is 0.907. The van der Waals surface area contributed by atoms with Crippen LogP contribution in [0.4, 0.5) is 0 Å². The molecule has 0 aromatic carbocycles. The molecule has 1 amide bonds. The van der Waals surface area contributed by atoms with Gasteiger partial charge in [0.05, 0.1) is 18.5 Å². The van der Waals surface area contributed by atoms with Gasteiger partial charge in [0.2, 0.25) is 0 Å². The van der Waals surface area contributed by atoms with E-state index in [1.165, 1.54) is 12.4 Å². The molecule has 98 valence electrons. The predicted octanol–water partition coefficient (Wildman–Crippen LogP) is 1.67. The number of methoxy groups -OCH3 is 1. The molecule has 2 unspecified atom stereocenters. The van der Waals surface area contributed by atoms with Crippen molar-refractivity contribution >= 4 is 17.5 Å². The second-order valence-electron chi connectivity index (χ2n) is 5.03. The number of aromatic nitrogens is 2. The summed E-state index contributed by atoms with van der Waals surface area (Å²) in [5.74, 6) is -0.252. The van der Waals surface area contributed by atoms with E-state index in [-0.39, 0.29) is 34.3 Å². The lowest BCUT2D eigenvalue weighted by atomic mass is 9.64. The molecule has 0 spiro atoms. The Hall–Kier alpha value is -1.20. The number of hydrogen-bond donors (Lipinski definition) is 1. The van der Waals surface area contributed by atoms with Crippen molar-refractivity contribution in [3.05, 3.63) is 23.2 Å². The molecule has 1 N–H and O–H groups in total. The molecule has 1 aromatic heterocycles. The van der Waals surface area contributed by atoms with Crippen LogP contribution < -0.4 is 5.32 Å². The maximum atomic E-state index is 12.0. The number of halogens is 1. The molecule has 18 heavy (non-hydrogen) atoms. The summed E-state index contributed by atoms with van der Waals surface area (Å²) in [4.78, 5) is 19.7. The fourth-order valence-corrected chi connectivity index (χ4v) is 2.36. The highest BCUT2D eigenvalue weighted by atomic mass is 35.5. The van der Waals surface area contributed by atoms with Gasteiger partial charge in [-0.3, -0.25) is 9.78 Å². The van der Waals surface area contributed by atoms with Gasteiger partial charge in [0, 0.05) is 18.6 Å². The first-order valence-corrected chi connectivity index (χ1v) is 6.14. The van der Waals surface area contributed by atoms with Crippen LogP contribution in [0.25, 0.3) is 0 Å². The van der Waals surface area contributed by atoms with Crippen molar-refractivity contribution in [3.63, 3.8) is 0 Å². The van der Waals surface area contributed by atoms with Crippen molar-refractivity contribution < 1.29 is 9.53 Å². The number of rotatable bonds is 3. The van der Waals surface area contributed by atoms with Gasteiger partial charge in [-0.2, -0.15) is 0 Å². The van der Waals surface area contributed by atoms with Crippen LogP contribution in [0.5, 0.6) is 0 Å². The Labute approximate surface area is 111 Å². The molecule has 1 heterocycles. The Morgan fingerprint density at radius 2 is 2.28 bits per heavy atom. The van der Waals surface area contributed by atoms with Gasteiger partial charge >= 0.3 is 0 Å². The van der Waals surface area contributed by atoms with Gasteiger partial charge in [-0.1, -0.05) is 25.4 Å². The summed E-state index contributed by atoms with van der Waals surface area (Å²) in [6.45, 7) is 4.14. The van der Waals surface area contributed by atoms with Crippen LogP contribution in [0, 0.1) is 5.41 Å². The Morgan fingerprint density at radius 3 is 2.83 bits per heavy atom. The maximum absolute atomic E-state index is 12.0. The predicted molar refractivity (Wildman–Crippen MR) is 67.5 cm³/mol. The van der Waals surface area contributed by atoms with E-state index in [1.807, 2.05) is 0 Å².